The highest BCUT2D eigenvalue weighted by Gasteiger charge is 2.16. The summed E-state index contributed by atoms with van der Waals surface area (Å²) in [6.07, 6.45) is 4.90. The average molecular weight is 185 g/mol. The van der Waals surface area contributed by atoms with Gasteiger partial charge in [-0.3, -0.25) is 4.79 Å². The third-order valence-electron chi connectivity index (χ3n) is 1.36. The van der Waals surface area contributed by atoms with E-state index in [-0.39, 0.29) is 12.5 Å². The van der Waals surface area contributed by atoms with Crippen molar-refractivity contribution in [3.8, 4) is 12.3 Å². The van der Waals surface area contributed by atoms with Gasteiger partial charge in [-0.15, -0.1) is 12.3 Å². The molecule has 13 heavy (non-hydrogen) atoms. The van der Waals surface area contributed by atoms with Crippen LogP contribution in [-0.2, 0) is 14.3 Å². The Hall–Kier alpha value is -1.05. The molecule has 0 radical (unpaired) electrons. The Morgan fingerprint density at radius 1 is 1.69 bits per heavy atom. The van der Waals surface area contributed by atoms with Crippen molar-refractivity contribution >= 4 is 5.97 Å². The van der Waals surface area contributed by atoms with Crippen LogP contribution in [-0.4, -0.2) is 31.8 Å². The summed E-state index contributed by atoms with van der Waals surface area (Å²) >= 11 is 0. The molecule has 0 fully saturated rings. The van der Waals surface area contributed by atoms with E-state index >= 15 is 0 Å². The number of carbonyl (C=O) groups excluding carboxylic acids is 1. The van der Waals surface area contributed by atoms with Crippen LogP contribution in [0.2, 0.25) is 0 Å². The molecule has 0 aromatic carbocycles. The maximum atomic E-state index is 11.1. The second-order valence-corrected chi connectivity index (χ2v) is 2.72. The number of hydrogen-bond donors (Lipinski definition) is 1. The number of nitrogens with two attached hydrogens (primary N) is 1. The molecule has 0 heterocycles. The van der Waals surface area contributed by atoms with E-state index in [1.807, 2.05) is 0 Å². The van der Waals surface area contributed by atoms with Crippen LogP contribution in [0.3, 0.4) is 0 Å². The van der Waals surface area contributed by atoms with Crippen molar-refractivity contribution in [2.24, 2.45) is 5.73 Å². The monoisotopic (exact) mass is 185 g/mol. The van der Waals surface area contributed by atoms with Crippen LogP contribution in [0.1, 0.15) is 13.3 Å². The van der Waals surface area contributed by atoms with E-state index in [0.717, 1.165) is 0 Å². The summed E-state index contributed by atoms with van der Waals surface area (Å²) < 4.78 is 9.71. The lowest BCUT2D eigenvalue weighted by atomic mass is 10.2. The van der Waals surface area contributed by atoms with Gasteiger partial charge in [0.2, 0.25) is 0 Å². The van der Waals surface area contributed by atoms with Crippen LogP contribution < -0.4 is 5.73 Å². The molecule has 0 aromatic heterocycles. The quantitative estimate of drug-likeness (QED) is 0.480. The zero-order chi connectivity index (χ0) is 10.3. The molecule has 2 atom stereocenters. The predicted molar refractivity (Wildman–Crippen MR) is 48.9 cm³/mol. The molecule has 0 rings (SSSR count). The van der Waals surface area contributed by atoms with E-state index in [1.54, 1.807) is 6.92 Å². The normalized spacial score (nSPS) is 14.3. The maximum absolute atomic E-state index is 11.1. The molecular formula is C9H15NO3. The Balaban J connectivity index is 3.79. The largest absolute Gasteiger partial charge is 0.459 e. The Bertz CT molecular complexity index is 198. The lowest BCUT2D eigenvalue weighted by Crippen LogP contribution is -2.35. The minimum Gasteiger partial charge on any atom is -0.459 e. The van der Waals surface area contributed by atoms with E-state index < -0.39 is 12.0 Å². The summed E-state index contributed by atoms with van der Waals surface area (Å²) in [6, 6.07) is -0.732. The topological polar surface area (TPSA) is 61.6 Å². The molecule has 0 aliphatic carbocycles. The first-order valence-electron chi connectivity index (χ1n) is 4.00. The highest BCUT2D eigenvalue weighted by molar-refractivity contribution is 5.76. The van der Waals surface area contributed by atoms with Crippen molar-refractivity contribution in [1.29, 1.82) is 0 Å². The van der Waals surface area contributed by atoms with Crippen molar-refractivity contribution in [3.05, 3.63) is 0 Å². The van der Waals surface area contributed by atoms with Gasteiger partial charge < -0.3 is 15.2 Å². The summed E-state index contributed by atoms with van der Waals surface area (Å²) in [5.74, 6) is 1.81. The number of esters is 1. The highest BCUT2D eigenvalue weighted by Crippen LogP contribution is 1.96. The second-order valence-electron chi connectivity index (χ2n) is 2.72. The fraction of sp³-hybridized carbons (Fsp3) is 0.667. The fourth-order valence-electron chi connectivity index (χ4n) is 0.765. The Kier molecular flexibility index (Phi) is 5.94. The van der Waals surface area contributed by atoms with Crippen LogP contribution >= 0.6 is 0 Å². The van der Waals surface area contributed by atoms with E-state index in [0.29, 0.717) is 6.61 Å². The van der Waals surface area contributed by atoms with Gasteiger partial charge in [-0.2, -0.15) is 0 Å². The number of carbonyl (C=O) groups is 1. The number of terminal acetylenes is 1. The summed E-state index contributed by atoms with van der Waals surface area (Å²) in [6.45, 7) is 2.08. The second kappa shape index (κ2) is 6.46. The van der Waals surface area contributed by atoms with Gasteiger partial charge in [-0.25, -0.2) is 0 Å². The first-order chi connectivity index (χ1) is 6.11. The summed E-state index contributed by atoms with van der Waals surface area (Å²) in [5, 5.41) is 0. The lowest BCUT2D eigenvalue weighted by molar-refractivity contribution is -0.151. The van der Waals surface area contributed by atoms with Crippen molar-refractivity contribution in [3.63, 3.8) is 0 Å². The SMILES string of the molecule is C#CCC(N)C(=O)OC(C)COC. The van der Waals surface area contributed by atoms with Gasteiger partial charge in [0.15, 0.2) is 0 Å². The van der Waals surface area contributed by atoms with E-state index in [2.05, 4.69) is 5.92 Å². The van der Waals surface area contributed by atoms with Gasteiger partial charge in [0.05, 0.1) is 6.61 Å². The Morgan fingerprint density at radius 3 is 2.77 bits per heavy atom. The maximum Gasteiger partial charge on any atom is 0.324 e. The van der Waals surface area contributed by atoms with Crippen LogP contribution in [0.4, 0.5) is 0 Å². The first kappa shape index (κ1) is 11.9. The third-order valence-corrected chi connectivity index (χ3v) is 1.36. The lowest BCUT2D eigenvalue weighted by Gasteiger charge is -2.14. The number of ether oxygens (including phenoxy) is 2. The highest BCUT2D eigenvalue weighted by atomic mass is 16.6. The van der Waals surface area contributed by atoms with Crippen molar-refractivity contribution in [1.82, 2.24) is 0 Å². The Morgan fingerprint density at radius 2 is 2.31 bits per heavy atom. The summed E-state index contributed by atoms with van der Waals surface area (Å²) in [7, 11) is 1.53. The Labute approximate surface area is 78.4 Å². The number of hydrogen-bond acceptors (Lipinski definition) is 4. The molecule has 0 amide bonds. The third kappa shape index (κ3) is 5.23. The molecule has 4 heteroatoms. The first-order valence-corrected chi connectivity index (χ1v) is 4.00. The minimum atomic E-state index is -0.732. The van der Waals surface area contributed by atoms with Gasteiger partial charge >= 0.3 is 5.97 Å². The van der Waals surface area contributed by atoms with Crippen LogP contribution in [0, 0.1) is 12.3 Å². The molecule has 74 valence electrons. The average Bonchev–Trinajstić information content (AvgIpc) is 2.05. The number of rotatable bonds is 5. The van der Waals surface area contributed by atoms with Gasteiger partial charge in [-0.05, 0) is 6.92 Å². The van der Waals surface area contributed by atoms with E-state index in [1.165, 1.54) is 7.11 Å². The molecule has 0 bridgehead atoms. The molecule has 2 N–H and O–H groups in total. The molecule has 0 aliphatic heterocycles. The summed E-state index contributed by atoms with van der Waals surface area (Å²) in [4.78, 5) is 11.1. The van der Waals surface area contributed by atoms with E-state index in [9.17, 15) is 4.79 Å². The van der Waals surface area contributed by atoms with Crippen molar-refractivity contribution in [2.45, 2.75) is 25.5 Å². The van der Waals surface area contributed by atoms with Crippen molar-refractivity contribution < 1.29 is 14.3 Å². The van der Waals surface area contributed by atoms with E-state index in [4.69, 9.17) is 21.6 Å². The van der Waals surface area contributed by atoms with Gasteiger partial charge in [0.25, 0.3) is 0 Å². The minimum absolute atomic E-state index is 0.193. The van der Waals surface area contributed by atoms with Gasteiger partial charge in [-0.1, -0.05) is 0 Å². The number of methoxy groups -OCH3 is 1. The fourth-order valence-corrected chi connectivity index (χ4v) is 0.765. The standard InChI is InChI=1S/C9H15NO3/c1-4-5-8(10)9(11)13-7(2)6-12-3/h1,7-8H,5-6,10H2,2-3H3. The van der Waals surface area contributed by atoms with Crippen LogP contribution in [0.5, 0.6) is 0 Å². The molecule has 0 aromatic rings. The van der Waals surface area contributed by atoms with Crippen LogP contribution in [0.15, 0.2) is 0 Å². The zero-order valence-corrected chi connectivity index (χ0v) is 7.95. The van der Waals surface area contributed by atoms with Crippen LogP contribution in [0.25, 0.3) is 0 Å². The smallest absolute Gasteiger partial charge is 0.324 e. The van der Waals surface area contributed by atoms with Gasteiger partial charge in [0, 0.05) is 13.5 Å². The molecule has 0 saturated carbocycles. The predicted octanol–water partition coefficient (Wildman–Crippen LogP) is -0.0849. The molecule has 0 spiro atoms. The molecule has 2 unspecified atom stereocenters. The molecule has 0 saturated heterocycles. The molecule has 4 nitrogen and oxygen atoms in total. The summed E-state index contributed by atoms with van der Waals surface area (Å²) in [5.41, 5.74) is 5.41. The van der Waals surface area contributed by atoms with Crippen molar-refractivity contribution in [2.75, 3.05) is 13.7 Å². The molecular weight excluding hydrogens is 170 g/mol. The zero-order valence-electron chi connectivity index (χ0n) is 7.95. The molecule has 0 aliphatic rings. The van der Waals surface area contributed by atoms with Gasteiger partial charge in [0.1, 0.15) is 12.1 Å².